The van der Waals surface area contributed by atoms with Crippen LogP contribution in [-0.4, -0.2) is 52.3 Å². The van der Waals surface area contributed by atoms with Gasteiger partial charge < -0.3 is 10.6 Å². The average Bonchev–Trinajstić information content (AvgIpc) is 2.74. The van der Waals surface area contributed by atoms with Crippen molar-refractivity contribution < 1.29 is 9.59 Å². The van der Waals surface area contributed by atoms with E-state index in [1.54, 1.807) is 16.2 Å². The Balaban J connectivity index is 2.02. The molecule has 0 spiro atoms. The standard InChI is InChI=1S/C12H18N4O2S/c1-8-14-10(7-19-8)5-15-3-4-16(9(2)17)11(6-15)12(13)18/h7,11H,3-6H2,1-2H3,(H2,13,18)/t11-/m1/s1. The first kappa shape index (κ1) is 14.0. The van der Waals surface area contributed by atoms with Crippen molar-refractivity contribution in [2.75, 3.05) is 19.6 Å². The second-order valence-corrected chi connectivity index (χ2v) is 5.79. The number of amides is 2. The zero-order valence-electron chi connectivity index (χ0n) is 11.1. The molecule has 2 N–H and O–H groups in total. The fraction of sp³-hybridized carbons (Fsp3) is 0.583. The molecule has 2 amide bonds. The molecule has 0 unspecified atom stereocenters. The van der Waals surface area contributed by atoms with E-state index in [0.29, 0.717) is 19.6 Å². The van der Waals surface area contributed by atoms with Crippen LogP contribution in [0.3, 0.4) is 0 Å². The molecule has 1 aliphatic rings. The van der Waals surface area contributed by atoms with Gasteiger partial charge in [0.1, 0.15) is 6.04 Å². The topological polar surface area (TPSA) is 79.5 Å². The van der Waals surface area contributed by atoms with Gasteiger partial charge in [0.25, 0.3) is 0 Å². The summed E-state index contributed by atoms with van der Waals surface area (Å²) in [4.78, 5) is 31.0. The van der Waals surface area contributed by atoms with Crippen molar-refractivity contribution in [1.29, 1.82) is 0 Å². The van der Waals surface area contributed by atoms with E-state index in [9.17, 15) is 9.59 Å². The lowest BCUT2D eigenvalue weighted by atomic mass is 10.1. The molecule has 2 rings (SSSR count). The van der Waals surface area contributed by atoms with Crippen LogP contribution in [0, 0.1) is 6.92 Å². The predicted molar refractivity (Wildman–Crippen MR) is 72.5 cm³/mol. The minimum atomic E-state index is -0.536. The fourth-order valence-corrected chi connectivity index (χ4v) is 2.92. The van der Waals surface area contributed by atoms with E-state index < -0.39 is 11.9 Å². The molecular formula is C12H18N4O2S. The van der Waals surface area contributed by atoms with Gasteiger partial charge in [-0.05, 0) is 6.92 Å². The Bertz CT molecular complexity index is 488. The molecule has 0 aromatic carbocycles. The van der Waals surface area contributed by atoms with Crippen LogP contribution in [0.4, 0.5) is 0 Å². The Hall–Kier alpha value is -1.47. The maximum Gasteiger partial charge on any atom is 0.241 e. The molecule has 1 aromatic heterocycles. The normalized spacial score (nSPS) is 20.5. The number of carbonyl (C=O) groups is 2. The van der Waals surface area contributed by atoms with Gasteiger partial charge in [0.05, 0.1) is 10.7 Å². The molecule has 1 saturated heterocycles. The first-order chi connectivity index (χ1) is 8.97. The molecule has 0 radical (unpaired) electrons. The van der Waals surface area contributed by atoms with Crippen LogP contribution in [0.2, 0.25) is 0 Å². The lowest BCUT2D eigenvalue weighted by molar-refractivity contribution is -0.141. The third-order valence-electron chi connectivity index (χ3n) is 3.25. The van der Waals surface area contributed by atoms with Crippen molar-refractivity contribution in [1.82, 2.24) is 14.8 Å². The molecule has 1 atom stereocenters. The molecule has 2 heterocycles. The molecule has 1 fully saturated rings. The molecule has 1 aliphatic heterocycles. The average molecular weight is 282 g/mol. The third kappa shape index (κ3) is 3.30. The highest BCUT2D eigenvalue weighted by molar-refractivity contribution is 7.09. The van der Waals surface area contributed by atoms with Gasteiger partial charge in [-0.2, -0.15) is 0 Å². The highest BCUT2D eigenvalue weighted by Crippen LogP contribution is 2.15. The van der Waals surface area contributed by atoms with Gasteiger partial charge in [0, 0.05) is 38.5 Å². The second kappa shape index (κ2) is 5.66. The third-order valence-corrected chi connectivity index (χ3v) is 4.07. The number of nitrogens with two attached hydrogens (primary N) is 1. The minimum absolute atomic E-state index is 0.104. The molecule has 1 aromatic rings. The van der Waals surface area contributed by atoms with E-state index >= 15 is 0 Å². The van der Waals surface area contributed by atoms with Gasteiger partial charge in [0.15, 0.2) is 0 Å². The van der Waals surface area contributed by atoms with Gasteiger partial charge in [0.2, 0.25) is 11.8 Å². The molecule has 0 aliphatic carbocycles. The minimum Gasteiger partial charge on any atom is -0.368 e. The van der Waals surface area contributed by atoms with E-state index in [4.69, 9.17) is 5.73 Å². The molecular weight excluding hydrogens is 264 g/mol. The Morgan fingerprint density at radius 3 is 2.79 bits per heavy atom. The molecule has 7 heteroatoms. The SMILES string of the molecule is CC(=O)N1CCN(Cc2csc(C)n2)C[C@@H]1C(N)=O. The van der Waals surface area contributed by atoms with Crippen molar-refractivity contribution in [3.63, 3.8) is 0 Å². The first-order valence-electron chi connectivity index (χ1n) is 6.17. The van der Waals surface area contributed by atoms with Gasteiger partial charge in [-0.1, -0.05) is 0 Å². The zero-order valence-corrected chi connectivity index (χ0v) is 11.9. The van der Waals surface area contributed by atoms with Gasteiger partial charge in [-0.3, -0.25) is 14.5 Å². The number of carbonyl (C=O) groups excluding carboxylic acids is 2. The zero-order chi connectivity index (χ0) is 14.0. The Kier molecular flexibility index (Phi) is 4.16. The summed E-state index contributed by atoms with van der Waals surface area (Å²) in [5.41, 5.74) is 6.38. The summed E-state index contributed by atoms with van der Waals surface area (Å²) < 4.78 is 0. The summed E-state index contributed by atoms with van der Waals surface area (Å²) >= 11 is 1.61. The molecule has 0 saturated carbocycles. The van der Waals surface area contributed by atoms with E-state index in [2.05, 4.69) is 9.88 Å². The lowest BCUT2D eigenvalue weighted by Crippen LogP contribution is -2.59. The van der Waals surface area contributed by atoms with Crippen LogP contribution in [0.25, 0.3) is 0 Å². The number of nitrogens with zero attached hydrogens (tertiary/aromatic N) is 3. The van der Waals surface area contributed by atoms with E-state index in [0.717, 1.165) is 17.2 Å². The highest BCUT2D eigenvalue weighted by atomic mass is 32.1. The molecule has 6 nitrogen and oxygen atoms in total. The van der Waals surface area contributed by atoms with Crippen LogP contribution in [0.15, 0.2) is 5.38 Å². The van der Waals surface area contributed by atoms with Crippen LogP contribution < -0.4 is 5.73 Å². The predicted octanol–water partition coefficient (Wildman–Crippen LogP) is -0.0305. The Morgan fingerprint density at radius 2 is 2.26 bits per heavy atom. The maximum absolute atomic E-state index is 11.5. The second-order valence-electron chi connectivity index (χ2n) is 4.72. The van der Waals surface area contributed by atoms with Crippen molar-refractivity contribution >= 4 is 23.2 Å². The maximum atomic E-state index is 11.5. The highest BCUT2D eigenvalue weighted by Gasteiger charge is 2.32. The summed E-state index contributed by atoms with van der Waals surface area (Å²) in [6.07, 6.45) is 0. The lowest BCUT2D eigenvalue weighted by Gasteiger charge is -2.39. The van der Waals surface area contributed by atoms with Gasteiger partial charge in [-0.25, -0.2) is 4.98 Å². The Labute approximate surface area is 116 Å². The quantitative estimate of drug-likeness (QED) is 0.844. The summed E-state index contributed by atoms with van der Waals surface area (Å²) in [6, 6.07) is -0.536. The van der Waals surface area contributed by atoms with Crippen molar-refractivity contribution in [2.24, 2.45) is 5.73 Å². The largest absolute Gasteiger partial charge is 0.368 e. The summed E-state index contributed by atoms with van der Waals surface area (Å²) in [6.45, 7) is 5.88. The summed E-state index contributed by atoms with van der Waals surface area (Å²) in [7, 11) is 0. The number of hydrogen-bond acceptors (Lipinski definition) is 5. The summed E-state index contributed by atoms with van der Waals surface area (Å²) in [5, 5.41) is 3.05. The first-order valence-corrected chi connectivity index (χ1v) is 7.05. The van der Waals surface area contributed by atoms with Crippen LogP contribution >= 0.6 is 11.3 Å². The van der Waals surface area contributed by atoms with Crippen molar-refractivity contribution in [3.05, 3.63) is 16.1 Å². The molecule has 104 valence electrons. The summed E-state index contributed by atoms with van der Waals surface area (Å²) in [5.74, 6) is -0.553. The monoisotopic (exact) mass is 282 g/mol. The van der Waals surface area contributed by atoms with E-state index in [1.807, 2.05) is 12.3 Å². The molecule has 19 heavy (non-hydrogen) atoms. The number of primary amides is 1. The number of aromatic nitrogens is 1. The van der Waals surface area contributed by atoms with Crippen LogP contribution in [-0.2, 0) is 16.1 Å². The van der Waals surface area contributed by atoms with Crippen LogP contribution in [0.5, 0.6) is 0 Å². The van der Waals surface area contributed by atoms with Crippen LogP contribution in [0.1, 0.15) is 17.6 Å². The number of piperazine rings is 1. The van der Waals surface area contributed by atoms with Crippen molar-refractivity contribution in [3.8, 4) is 0 Å². The van der Waals surface area contributed by atoms with Gasteiger partial charge >= 0.3 is 0 Å². The number of thiazole rings is 1. The Morgan fingerprint density at radius 1 is 1.53 bits per heavy atom. The number of aryl methyl sites for hydroxylation is 1. The number of rotatable bonds is 3. The van der Waals surface area contributed by atoms with Gasteiger partial charge in [-0.15, -0.1) is 11.3 Å². The smallest absolute Gasteiger partial charge is 0.241 e. The number of hydrogen-bond donors (Lipinski definition) is 1. The molecule has 0 bridgehead atoms. The van der Waals surface area contributed by atoms with E-state index in [1.165, 1.54) is 6.92 Å². The van der Waals surface area contributed by atoms with Crippen molar-refractivity contribution in [2.45, 2.75) is 26.4 Å². The van der Waals surface area contributed by atoms with E-state index in [-0.39, 0.29) is 5.91 Å². The fourth-order valence-electron chi connectivity index (χ4n) is 2.31.